The van der Waals surface area contributed by atoms with Crippen molar-refractivity contribution in [2.24, 2.45) is 5.92 Å². The molecule has 0 spiro atoms. The molecule has 1 aromatic rings. The molecule has 0 saturated heterocycles. The average molecular weight is 214 g/mol. The lowest BCUT2D eigenvalue weighted by Gasteiger charge is -2.23. The molecular weight excluding hydrogens is 196 g/mol. The Bertz CT molecular complexity index is 347. The zero-order chi connectivity index (χ0) is 11.2. The van der Waals surface area contributed by atoms with Crippen molar-refractivity contribution >= 4 is 0 Å². The van der Waals surface area contributed by atoms with Gasteiger partial charge in [-0.15, -0.1) is 6.42 Å². The first kappa shape index (κ1) is 11.2. The summed E-state index contributed by atoms with van der Waals surface area (Å²) in [4.78, 5) is 4.45. The van der Waals surface area contributed by atoms with Crippen LogP contribution < -0.4 is 5.32 Å². The lowest BCUT2D eigenvalue weighted by atomic mass is 9.95. The lowest BCUT2D eigenvalue weighted by molar-refractivity contribution is 0.374. The first-order valence-electron chi connectivity index (χ1n) is 5.99. The second kappa shape index (κ2) is 5.67. The predicted octanol–water partition coefficient (Wildman–Crippen LogP) is 2.54. The maximum Gasteiger partial charge on any atom is 0.0579 e. The minimum Gasteiger partial charge on any atom is -0.298 e. The Kier molecular flexibility index (Phi) is 3.96. The molecule has 84 valence electrons. The molecule has 16 heavy (non-hydrogen) atoms. The normalized spacial score (nSPS) is 18.2. The molecule has 0 aromatic carbocycles. The number of pyridine rings is 1. The molecule has 0 bridgehead atoms. The highest BCUT2D eigenvalue weighted by Crippen LogP contribution is 2.34. The Labute approximate surface area is 97.5 Å². The summed E-state index contributed by atoms with van der Waals surface area (Å²) >= 11 is 0. The van der Waals surface area contributed by atoms with Crippen molar-refractivity contribution in [3.63, 3.8) is 0 Å². The third-order valence-corrected chi connectivity index (χ3v) is 3.30. The van der Waals surface area contributed by atoms with Gasteiger partial charge in [-0.05, 0) is 30.9 Å². The number of terminal acetylenes is 1. The smallest absolute Gasteiger partial charge is 0.0579 e. The van der Waals surface area contributed by atoms with Gasteiger partial charge in [-0.2, -0.15) is 0 Å². The SMILES string of the molecule is C#CCNC(c1ccccn1)C1CCCC1. The Morgan fingerprint density at radius 3 is 2.88 bits per heavy atom. The topological polar surface area (TPSA) is 24.9 Å². The second-order valence-electron chi connectivity index (χ2n) is 4.36. The quantitative estimate of drug-likeness (QED) is 0.779. The van der Waals surface area contributed by atoms with Gasteiger partial charge in [0, 0.05) is 6.20 Å². The monoisotopic (exact) mass is 214 g/mol. The highest BCUT2D eigenvalue weighted by molar-refractivity contribution is 5.11. The van der Waals surface area contributed by atoms with Crippen LogP contribution in [0.3, 0.4) is 0 Å². The van der Waals surface area contributed by atoms with Crippen LogP contribution in [0.1, 0.15) is 37.4 Å². The maximum atomic E-state index is 5.32. The summed E-state index contributed by atoms with van der Waals surface area (Å²) in [5.74, 6) is 3.35. The molecule has 1 N–H and O–H groups in total. The molecule has 1 fully saturated rings. The van der Waals surface area contributed by atoms with Gasteiger partial charge in [-0.1, -0.05) is 24.8 Å². The van der Waals surface area contributed by atoms with Crippen molar-refractivity contribution in [2.75, 3.05) is 6.54 Å². The summed E-state index contributed by atoms with van der Waals surface area (Å²) in [6, 6.07) is 6.42. The summed E-state index contributed by atoms with van der Waals surface area (Å²) in [7, 11) is 0. The number of rotatable bonds is 4. The average Bonchev–Trinajstić information content (AvgIpc) is 2.85. The summed E-state index contributed by atoms with van der Waals surface area (Å²) in [6.07, 6.45) is 12.4. The van der Waals surface area contributed by atoms with Gasteiger partial charge in [-0.25, -0.2) is 0 Å². The van der Waals surface area contributed by atoms with E-state index in [4.69, 9.17) is 6.42 Å². The van der Waals surface area contributed by atoms with E-state index in [1.165, 1.54) is 25.7 Å². The number of nitrogens with zero attached hydrogens (tertiary/aromatic N) is 1. The van der Waals surface area contributed by atoms with E-state index in [1.807, 2.05) is 18.3 Å². The van der Waals surface area contributed by atoms with E-state index in [-0.39, 0.29) is 0 Å². The predicted molar refractivity (Wildman–Crippen MR) is 65.8 cm³/mol. The first-order chi connectivity index (χ1) is 7.92. The highest BCUT2D eigenvalue weighted by Gasteiger charge is 2.26. The maximum absolute atomic E-state index is 5.32. The van der Waals surface area contributed by atoms with E-state index in [1.54, 1.807) is 0 Å². The first-order valence-corrected chi connectivity index (χ1v) is 5.99. The fourth-order valence-electron chi connectivity index (χ4n) is 2.53. The number of nitrogens with one attached hydrogen (secondary N) is 1. The molecule has 1 atom stereocenters. The second-order valence-corrected chi connectivity index (χ2v) is 4.36. The fraction of sp³-hybridized carbons (Fsp3) is 0.500. The molecule has 1 aliphatic carbocycles. The van der Waals surface area contributed by atoms with E-state index in [9.17, 15) is 0 Å². The van der Waals surface area contributed by atoms with Gasteiger partial charge >= 0.3 is 0 Å². The Morgan fingerprint density at radius 1 is 1.44 bits per heavy atom. The zero-order valence-electron chi connectivity index (χ0n) is 9.52. The van der Waals surface area contributed by atoms with Gasteiger partial charge in [0.05, 0.1) is 18.3 Å². The van der Waals surface area contributed by atoms with Gasteiger partial charge in [0.2, 0.25) is 0 Å². The van der Waals surface area contributed by atoms with E-state index in [0.29, 0.717) is 18.5 Å². The molecule has 1 unspecified atom stereocenters. The van der Waals surface area contributed by atoms with Crippen LogP contribution in [0.25, 0.3) is 0 Å². The summed E-state index contributed by atoms with van der Waals surface area (Å²) in [6.45, 7) is 0.623. The van der Waals surface area contributed by atoms with Crippen LogP contribution in [0.5, 0.6) is 0 Å². The minimum absolute atomic E-state index is 0.333. The molecule has 2 rings (SSSR count). The molecule has 1 heterocycles. The molecule has 0 aliphatic heterocycles. The van der Waals surface area contributed by atoms with E-state index < -0.39 is 0 Å². The van der Waals surface area contributed by atoms with E-state index in [2.05, 4.69) is 22.3 Å². The van der Waals surface area contributed by atoms with Crippen molar-refractivity contribution in [3.8, 4) is 12.3 Å². The molecule has 1 aromatic heterocycles. The molecule has 0 amide bonds. The van der Waals surface area contributed by atoms with E-state index in [0.717, 1.165) is 5.69 Å². The van der Waals surface area contributed by atoms with Crippen molar-refractivity contribution in [1.82, 2.24) is 10.3 Å². The van der Waals surface area contributed by atoms with Crippen molar-refractivity contribution < 1.29 is 0 Å². The number of aromatic nitrogens is 1. The van der Waals surface area contributed by atoms with Crippen LogP contribution in [0.15, 0.2) is 24.4 Å². The van der Waals surface area contributed by atoms with Crippen LogP contribution in [-0.2, 0) is 0 Å². The molecule has 2 heteroatoms. The Morgan fingerprint density at radius 2 is 2.25 bits per heavy atom. The third-order valence-electron chi connectivity index (χ3n) is 3.30. The van der Waals surface area contributed by atoms with Crippen LogP contribution >= 0.6 is 0 Å². The zero-order valence-corrected chi connectivity index (χ0v) is 9.52. The van der Waals surface area contributed by atoms with Gasteiger partial charge in [-0.3, -0.25) is 10.3 Å². The van der Waals surface area contributed by atoms with Gasteiger partial charge in [0.25, 0.3) is 0 Å². The van der Waals surface area contributed by atoms with Crippen LogP contribution in [0, 0.1) is 18.3 Å². The van der Waals surface area contributed by atoms with Crippen LogP contribution in [0.4, 0.5) is 0 Å². The Hall–Kier alpha value is -1.33. The van der Waals surface area contributed by atoms with Gasteiger partial charge in [0.15, 0.2) is 0 Å². The Balaban J connectivity index is 2.11. The standard InChI is InChI=1S/C14H18N2/c1-2-10-16-14(12-7-3-4-8-12)13-9-5-6-11-15-13/h1,5-6,9,11-12,14,16H,3-4,7-8,10H2. The summed E-state index contributed by atoms with van der Waals surface area (Å²) in [5.41, 5.74) is 1.13. The number of hydrogen-bond acceptors (Lipinski definition) is 2. The van der Waals surface area contributed by atoms with Crippen LogP contribution in [0.2, 0.25) is 0 Å². The highest BCUT2D eigenvalue weighted by atomic mass is 14.9. The lowest BCUT2D eigenvalue weighted by Crippen LogP contribution is -2.28. The number of hydrogen-bond donors (Lipinski definition) is 1. The fourth-order valence-corrected chi connectivity index (χ4v) is 2.53. The largest absolute Gasteiger partial charge is 0.298 e. The molecule has 2 nitrogen and oxygen atoms in total. The molecular formula is C14H18N2. The van der Waals surface area contributed by atoms with Gasteiger partial charge in [0.1, 0.15) is 0 Å². The third kappa shape index (κ3) is 2.62. The van der Waals surface area contributed by atoms with Crippen molar-refractivity contribution in [3.05, 3.63) is 30.1 Å². The van der Waals surface area contributed by atoms with Crippen molar-refractivity contribution in [1.29, 1.82) is 0 Å². The van der Waals surface area contributed by atoms with Crippen molar-refractivity contribution in [2.45, 2.75) is 31.7 Å². The summed E-state index contributed by atoms with van der Waals surface area (Å²) < 4.78 is 0. The summed E-state index contributed by atoms with van der Waals surface area (Å²) in [5, 5.41) is 3.43. The van der Waals surface area contributed by atoms with E-state index >= 15 is 0 Å². The molecule has 1 saturated carbocycles. The molecule has 0 radical (unpaired) electrons. The molecule has 1 aliphatic rings. The van der Waals surface area contributed by atoms with Crippen LogP contribution in [-0.4, -0.2) is 11.5 Å². The minimum atomic E-state index is 0.333. The van der Waals surface area contributed by atoms with Gasteiger partial charge < -0.3 is 0 Å².